The summed E-state index contributed by atoms with van der Waals surface area (Å²) in [5.41, 5.74) is 7.02. The second-order valence-corrected chi connectivity index (χ2v) is 7.37. The van der Waals surface area contributed by atoms with Gasteiger partial charge >= 0.3 is 0 Å². The van der Waals surface area contributed by atoms with Crippen LogP contribution < -0.4 is 11.1 Å². The number of nitrogens with two attached hydrogens (primary N) is 1. The van der Waals surface area contributed by atoms with Crippen LogP contribution in [0.2, 0.25) is 5.02 Å². The minimum Gasteiger partial charge on any atom is -0.379 e. The molecule has 0 bridgehead atoms. The summed E-state index contributed by atoms with van der Waals surface area (Å²) in [5.74, 6) is -0.209. The SMILES string of the molecule is CC(N)(C(=O)NCC(c1ccccc1Cl)N1CCOCC1)c1ccccc1. The zero-order valence-corrected chi connectivity index (χ0v) is 16.3. The fourth-order valence-corrected chi connectivity index (χ4v) is 3.62. The van der Waals surface area contributed by atoms with Crippen molar-refractivity contribution in [1.29, 1.82) is 0 Å². The monoisotopic (exact) mass is 387 g/mol. The maximum atomic E-state index is 12.9. The minimum absolute atomic E-state index is 0.0295. The Balaban J connectivity index is 1.76. The number of hydrogen-bond donors (Lipinski definition) is 2. The van der Waals surface area contributed by atoms with Crippen LogP contribution in [0.25, 0.3) is 0 Å². The lowest BCUT2D eigenvalue weighted by molar-refractivity contribution is -0.126. The van der Waals surface area contributed by atoms with E-state index in [-0.39, 0.29) is 11.9 Å². The molecule has 1 aliphatic heterocycles. The number of halogens is 1. The second kappa shape index (κ2) is 8.85. The lowest BCUT2D eigenvalue weighted by Crippen LogP contribution is -2.51. The van der Waals surface area contributed by atoms with Crippen LogP contribution in [-0.4, -0.2) is 43.7 Å². The first-order valence-corrected chi connectivity index (χ1v) is 9.57. The van der Waals surface area contributed by atoms with Crippen LogP contribution in [0.4, 0.5) is 0 Å². The van der Waals surface area contributed by atoms with Gasteiger partial charge in [0, 0.05) is 24.7 Å². The summed E-state index contributed by atoms with van der Waals surface area (Å²) in [4.78, 5) is 15.1. The molecule has 0 aliphatic carbocycles. The first-order chi connectivity index (χ1) is 13.0. The third kappa shape index (κ3) is 4.68. The highest BCUT2D eigenvalue weighted by atomic mass is 35.5. The van der Waals surface area contributed by atoms with Gasteiger partial charge in [0.15, 0.2) is 0 Å². The van der Waals surface area contributed by atoms with E-state index in [0.717, 1.165) is 24.2 Å². The molecule has 0 aromatic heterocycles. The molecule has 144 valence electrons. The van der Waals surface area contributed by atoms with Gasteiger partial charge in [0.05, 0.1) is 19.3 Å². The van der Waals surface area contributed by atoms with Gasteiger partial charge in [0.25, 0.3) is 0 Å². The molecule has 2 aromatic rings. The van der Waals surface area contributed by atoms with Crippen molar-refractivity contribution < 1.29 is 9.53 Å². The average Bonchev–Trinajstić information content (AvgIpc) is 2.70. The summed E-state index contributed by atoms with van der Waals surface area (Å²) >= 11 is 6.44. The number of nitrogens with one attached hydrogen (secondary N) is 1. The third-order valence-electron chi connectivity index (χ3n) is 5.05. The summed E-state index contributed by atoms with van der Waals surface area (Å²) in [6, 6.07) is 17.1. The number of benzene rings is 2. The van der Waals surface area contributed by atoms with Gasteiger partial charge in [-0.3, -0.25) is 9.69 Å². The van der Waals surface area contributed by atoms with Gasteiger partial charge in [-0.15, -0.1) is 0 Å². The maximum Gasteiger partial charge on any atom is 0.244 e. The smallest absolute Gasteiger partial charge is 0.244 e. The molecule has 3 rings (SSSR count). The molecular weight excluding hydrogens is 362 g/mol. The molecule has 1 amide bonds. The number of morpholine rings is 1. The Morgan fingerprint density at radius 3 is 2.48 bits per heavy atom. The molecule has 0 saturated carbocycles. The molecule has 2 unspecified atom stereocenters. The van der Waals surface area contributed by atoms with Gasteiger partial charge in [-0.1, -0.05) is 60.1 Å². The van der Waals surface area contributed by atoms with Crippen LogP contribution in [0, 0.1) is 0 Å². The largest absolute Gasteiger partial charge is 0.379 e. The highest BCUT2D eigenvalue weighted by Gasteiger charge is 2.32. The Labute approximate surface area is 165 Å². The van der Waals surface area contributed by atoms with Crippen molar-refractivity contribution in [2.75, 3.05) is 32.8 Å². The maximum absolute atomic E-state index is 12.9. The fraction of sp³-hybridized carbons (Fsp3) is 0.381. The topological polar surface area (TPSA) is 67.6 Å². The normalized spacial score (nSPS) is 18.5. The van der Waals surface area contributed by atoms with Gasteiger partial charge in [0.2, 0.25) is 5.91 Å². The van der Waals surface area contributed by atoms with Crippen molar-refractivity contribution in [3.8, 4) is 0 Å². The number of carbonyl (C=O) groups is 1. The van der Waals surface area contributed by atoms with E-state index in [1.807, 2.05) is 54.6 Å². The summed E-state index contributed by atoms with van der Waals surface area (Å²) in [6.45, 7) is 5.11. The molecule has 5 nitrogen and oxygen atoms in total. The Kier molecular flexibility index (Phi) is 6.50. The van der Waals surface area contributed by atoms with Gasteiger partial charge < -0.3 is 15.8 Å². The molecule has 0 radical (unpaired) electrons. The lowest BCUT2D eigenvalue weighted by Gasteiger charge is -2.36. The van der Waals surface area contributed by atoms with Crippen molar-refractivity contribution >= 4 is 17.5 Å². The molecule has 27 heavy (non-hydrogen) atoms. The summed E-state index contributed by atoms with van der Waals surface area (Å²) in [7, 11) is 0. The quantitative estimate of drug-likeness (QED) is 0.799. The average molecular weight is 388 g/mol. The molecule has 1 heterocycles. The van der Waals surface area contributed by atoms with Gasteiger partial charge in [0.1, 0.15) is 5.54 Å². The van der Waals surface area contributed by atoms with Gasteiger partial charge in [-0.05, 0) is 24.1 Å². The molecule has 0 spiro atoms. The van der Waals surface area contributed by atoms with Crippen LogP contribution in [0.3, 0.4) is 0 Å². The molecule has 3 N–H and O–H groups in total. The van der Waals surface area contributed by atoms with E-state index in [0.29, 0.717) is 24.8 Å². The Morgan fingerprint density at radius 2 is 1.81 bits per heavy atom. The number of carbonyl (C=O) groups excluding carboxylic acids is 1. The van der Waals surface area contributed by atoms with E-state index in [9.17, 15) is 4.79 Å². The van der Waals surface area contributed by atoms with Crippen molar-refractivity contribution in [3.05, 3.63) is 70.7 Å². The van der Waals surface area contributed by atoms with E-state index >= 15 is 0 Å². The fourth-order valence-electron chi connectivity index (χ4n) is 3.36. The Bertz CT molecular complexity index is 761. The predicted molar refractivity (Wildman–Crippen MR) is 108 cm³/mol. The first kappa shape index (κ1) is 19.8. The van der Waals surface area contributed by atoms with Crippen LogP contribution in [0.15, 0.2) is 54.6 Å². The predicted octanol–water partition coefficient (Wildman–Crippen LogP) is 2.70. The lowest BCUT2D eigenvalue weighted by atomic mass is 9.92. The number of amides is 1. The summed E-state index contributed by atoms with van der Waals surface area (Å²) in [5, 5.41) is 3.74. The van der Waals surface area contributed by atoms with Gasteiger partial charge in [-0.2, -0.15) is 0 Å². The van der Waals surface area contributed by atoms with Crippen molar-refractivity contribution in [2.45, 2.75) is 18.5 Å². The van der Waals surface area contributed by atoms with Crippen molar-refractivity contribution in [2.24, 2.45) is 5.73 Å². The summed E-state index contributed by atoms with van der Waals surface area (Å²) in [6.07, 6.45) is 0. The molecule has 1 aliphatic rings. The highest BCUT2D eigenvalue weighted by Crippen LogP contribution is 2.28. The van der Waals surface area contributed by atoms with Gasteiger partial charge in [-0.25, -0.2) is 0 Å². The van der Waals surface area contributed by atoms with Crippen LogP contribution >= 0.6 is 11.6 Å². The zero-order valence-electron chi connectivity index (χ0n) is 15.5. The molecule has 2 atom stereocenters. The van der Waals surface area contributed by atoms with E-state index in [2.05, 4.69) is 10.2 Å². The van der Waals surface area contributed by atoms with E-state index in [1.54, 1.807) is 6.92 Å². The number of ether oxygens (including phenoxy) is 1. The van der Waals surface area contributed by atoms with Crippen LogP contribution in [0.1, 0.15) is 24.1 Å². The molecule has 1 fully saturated rings. The Morgan fingerprint density at radius 1 is 1.19 bits per heavy atom. The number of rotatable bonds is 6. The zero-order chi connectivity index (χ0) is 19.3. The second-order valence-electron chi connectivity index (χ2n) is 6.96. The number of nitrogens with zero attached hydrogens (tertiary/aromatic N) is 1. The van der Waals surface area contributed by atoms with E-state index < -0.39 is 5.54 Å². The molecule has 2 aromatic carbocycles. The minimum atomic E-state index is -1.10. The van der Waals surface area contributed by atoms with Crippen LogP contribution in [-0.2, 0) is 15.1 Å². The third-order valence-corrected chi connectivity index (χ3v) is 5.40. The van der Waals surface area contributed by atoms with Crippen molar-refractivity contribution in [3.63, 3.8) is 0 Å². The van der Waals surface area contributed by atoms with E-state index in [4.69, 9.17) is 22.1 Å². The molecular formula is C21H26ClN3O2. The molecule has 1 saturated heterocycles. The number of hydrogen-bond acceptors (Lipinski definition) is 4. The Hall–Kier alpha value is -1.92. The standard InChI is InChI=1S/C21H26ClN3O2/c1-21(23,16-7-3-2-4-8-16)20(26)24-15-19(25-11-13-27-14-12-25)17-9-5-6-10-18(17)22/h2-10,19H,11-15,23H2,1H3,(H,24,26). The molecule has 6 heteroatoms. The van der Waals surface area contributed by atoms with Crippen molar-refractivity contribution in [1.82, 2.24) is 10.2 Å². The first-order valence-electron chi connectivity index (χ1n) is 9.19. The van der Waals surface area contributed by atoms with Crippen LogP contribution in [0.5, 0.6) is 0 Å². The highest BCUT2D eigenvalue weighted by molar-refractivity contribution is 6.31. The van der Waals surface area contributed by atoms with E-state index in [1.165, 1.54) is 0 Å². The summed E-state index contributed by atoms with van der Waals surface area (Å²) < 4.78 is 5.47.